The maximum atomic E-state index is 4.08. The quantitative estimate of drug-likeness (QED) is 0.849. The van der Waals surface area contributed by atoms with E-state index in [1.165, 1.54) is 25.7 Å². The zero-order chi connectivity index (χ0) is 11.6. The van der Waals surface area contributed by atoms with Crippen LogP contribution < -0.4 is 5.32 Å². The third kappa shape index (κ3) is 3.04. The number of hydrogen-bond acceptors (Lipinski definition) is 3. The molecule has 90 valence electrons. The summed E-state index contributed by atoms with van der Waals surface area (Å²) >= 11 is 0. The summed E-state index contributed by atoms with van der Waals surface area (Å²) in [5.41, 5.74) is 1.58. The molecule has 0 aliphatic heterocycles. The molecule has 4 heteroatoms. The molecule has 16 heavy (non-hydrogen) atoms. The van der Waals surface area contributed by atoms with E-state index in [4.69, 9.17) is 0 Å². The van der Waals surface area contributed by atoms with Gasteiger partial charge in [0.05, 0.1) is 5.69 Å². The second kappa shape index (κ2) is 4.53. The summed E-state index contributed by atoms with van der Waals surface area (Å²) in [5.74, 6) is 0. The first-order valence-corrected chi connectivity index (χ1v) is 6.14. The largest absolute Gasteiger partial charge is 0.308 e. The van der Waals surface area contributed by atoms with E-state index in [0.717, 1.165) is 12.2 Å². The lowest BCUT2D eigenvalue weighted by Crippen LogP contribution is -2.35. The Labute approximate surface area is 97.4 Å². The van der Waals surface area contributed by atoms with Gasteiger partial charge in [-0.15, -0.1) is 5.10 Å². The lowest BCUT2D eigenvalue weighted by Gasteiger charge is -2.34. The molecule has 1 aliphatic rings. The summed E-state index contributed by atoms with van der Waals surface area (Å²) < 4.78 is 1.75. The lowest BCUT2D eigenvalue weighted by atomic mass is 9.75. The molecule has 1 fully saturated rings. The second-order valence-corrected chi connectivity index (χ2v) is 5.70. The molecule has 1 aromatic heterocycles. The highest BCUT2D eigenvalue weighted by Gasteiger charge is 2.26. The monoisotopic (exact) mass is 222 g/mol. The van der Waals surface area contributed by atoms with Crippen LogP contribution in [0, 0.1) is 5.41 Å². The van der Waals surface area contributed by atoms with Gasteiger partial charge in [0.15, 0.2) is 0 Å². The van der Waals surface area contributed by atoms with E-state index < -0.39 is 0 Å². The van der Waals surface area contributed by atoms with Crippen molar-refractivity contribution in [2.24, 2.45) is 12.5 Å². The van der Waals surface area contributed by atoms with Gasteiger partial charge in [0.25, 0.3) is 0 Å². The van der Waals surface area contributed by atoms with Gasteiger partial charge in [0.1, 0.15) is 0 Å². The first-order valence-electron chi connectivity index (χ1n) is 6.14. The minimum atomic E-state index is 0.546. The molecular weight excluding hydrogens is 200 g/mol. The van der Waals surface area contributed by atoms with Crippen LogP contribution in [-0.4, -0.2) is 21.0 Å². The van der Waals surface area contributed by atoms with Crippen molar-refractivity contribution in [3.8, 4) is 0 Å². The van der Waals surface area contributed by atoms with Gasteiger partial charge in [-0.25, -0.2) is 0 Å². The van der Waals surface area contributed by atoms with Gasteiger partial charge in [0.2, 0.25) is 0 Å². The summed E-state index contributed by atoms with van der Waals surface area (Å²) in [5, 5.41) is 11.6. The van der Waals surface area contributed by atoms with E-state index in [9.17, 15) is 0 Å². The standard InChI is InChI=1S/C12H22N4/c1-12(2)6-4-10(5-7-12)13-8-11-9-16(3)15-14-11/h9-10,13H,4-8H2,1-3H3. The Balaban J connectivity index is 1.75. The molecule has 0 atom stereocenters. The molecule has 0 aromatic carbocycles. The summed E-state index contributed by atoms with van der Waals surface area (Å²) in [6, 6.07) is 0.662. The molecule has 0 amide bonds. The molecule has 1 saturated carbocycles. The van der Waals surface area contributed by atoms with Crippen molar-refractivity contribution in [2.75, 3.05) is 0 Å². The zero-order valence-electron chi connectivity index (χ0n) is 10.5. The van der Waals surface area contributed by atoms with Crippen LogP contribution in [-0.2, 0) is 13.6 Å². The average Bonchev–Trinajstić information content (AvgIpc) is 2.63. The topological polar surface area (TPSA) is 42.7 Å². The number of hydrogen-bond donors (Lipinski definition) is 1. The molecule has 0 spiro atoms. The summed E-state index contributed by atoms with van der Waals surface area (Å²) in [7, 11) is 1.90. The Hall–Kier alpha value is -0.900. The minimum Gasteiger partial charge on any atom is -0.308 e. The third-order valence-corrected chi connectivity index (χ3v) is 3.56. The van der Waals surface area contributed by atoms with Gasteiger partial charge in [0, 0.05) is 25.8 Å². The van der Waals surface area contributed by atoms with E-state index in [1.54, 1.807) is 4.68 Å². The highest BCUT2D eigenvalue weighted by Crippen LogP contribution is 2.34. The highest BCUT2D eigenvalue weighted by molar-refractivity contribution is 4.92. The van der Waals surface area contributed by atoms with E-state index >= 15 is 0 Å². The fraction of sp³-hybridized carbons (Fsp3) is 0.833. The third-order valence-electron chi connectivity index (χ3n) is 3.56. The van der Waals surface area contributed by atoms with Crippen LogP contribution >= 0.6 is 0 Å². The van der Waals surface area contributed by atoms with Gasteiger partial charge < -0.3 is 5.32 Å². The number of rotatable bonds is 3. The van der Waals surface area contributed by atoms with Crippen molar-refractivity contribution in [3.05, 3.63) is 11.9 Å². The van der Waals surface area contributed by atoms with Crippen LogP contribution in [0.2, 0.25) is 0 Å². The van der Waals surface area contributed by atoms with E-state index in [0.29, 0.717) is 11.5 Å². The van der Waals surface area contributed by atoms with Crippen molar-refractivity contribution in [2.45, 2.75) is 52.1 Å². The van der Waals surface area contributed by atoms with Crippen molar-refractivity contribution >= 4 is 0 Å². The number of aromatic nitrogens is 3. The van der Waals surface area contributed by atoms with Crippen LogP contribution in [0.15, 0.2) is 6.20 Å². The van der Waals surface area contributed by atoms with Crippen molar-refractivity contribution in [1.29, 1.82) is 0 Å². The summed E-state index contributed by atoms with van der Waals surface area (Å²) in [4.78, 5) is 0. The van der Waals surface area contributed by atoms with E-state index in [1.807, 2.05) is 13.2 Å². The Bertz CT molecular complexity index is 333. The maximum absolute atomic E-state index is 4.08. The van der Waals surface area contributed by atoms with Crippen molar-refractivity contribution in [3.63, 3.8) is 0 Å². The van der Waals surface area contributed by atoms with Crippen molar-refractivity contribution in [1.82, 2.24) is 20.3 Å². The highest BCUT2D eigenvalue weighted by atomic mass is 15.4. The Kier molecular flexibility index (Phi) is 3.28. The SMILES string of the molecule is Cn1cc(CNC2CCC(C)(C)CC2)nn1. The second-order valence-electron chi connectivity index (χ2n) is 5.70. The van der Waals surface area contributed by atoms with Gasteiger partial charge >= 0.3 is 0 Å². The molecule has 0 saturated heterocycles. The van der Waals surface area contributed by atoms with Crippen molar-refractivity contribution < 1.29 is 0 Å². The molecule has 1 N–H and O–H groups in total. The predicted molar refractivity (Wildman–Crippen MR) is 63.9 cm³/mol. The molecule has 2 rings (SSSR count). The molecule has 1 heterocycles. The summed E-state index contributed by atoms with van der Waals surface area (Å²) in [6.45, 7) is 5.58. The predicted octanol–water partition coefficient (Wildman–Crippen LogP) is 1.87. The number of nitrogens with zero attached hydrogens (tertiary/aromatic N) is 3. The minimum absolute atomic E-state index is 0.546. The van der Waals surface area contributed by atoms with E-state index in [-0.39, 0.29) is 0 Å². The number of aryl methyl sites for hydroxylation is 1. The van der Waals surface area contributed by atoms with Gasteiger partial charge in [-0.05, 0) is 31.1 Å². The molecular formula is C12H22N4. The van der Waals surface area contributed by atoms with Crippen LogP contribution in [0.25, 0.3) is 0 Å². The maximum Gasteiger partial charge on any atom is 0.0964 e. The van der Waals surface area contributed by atoms with Gasteiger partial charge in [-0.1, -0.05) is 19.1 Å². The van der Waals surface area contributed by atoms with E-state index in [2.05, 4.69) is 29.5 Å². The Morgan fingerprint density at radius 3 is 2.69 bits per heavy atom. The van der Waals surface area contributed by atoms with Crippen LogP contribution in [0.5, 0.6) is 0 Å². The molecule has 0 bridgehead atoms. The summed E-state index contributed by atoms with van der Waals surface area (Å²) in [6.07, 6.45) is 7.19. The van der Waals surface area contributed by atoms with Gasteiger partial charge in [-0.3, -0.25) is 4.68 Å². The molecule has 4 nitrogen and oxygen atoms in total. The van der Waals surface area contributed by atoms with Crippen LogP contribution in [0.3, 0.4) is 0 Å². The Morgan fingerprint density at radius 2 is 2.12 bits per heavy atom. The van der Waals surface area contributed by atoms with Crippen LogP contribution in [0.1, 0.15) is 45.2 Å². The molecule has 1 aromatic rings. The fourth-order valence-corrected chi connectivity index (χ4v) is 2.33. The zero-order valence-corrected chi connectivity index (χ0v) is 10.5. The first-order chi connectivity index (χ1) is 7.55. The average molecular weight is 222 g/mol. The molecule has 0 unspecified atom stereocenters. The first kappa shape index (κ1) is 11.6. The lowest BCUT2D eigenvalue weighted by molar-refractivity contribution is 0.205. The normalized spacial score (nSPS) is 21.2. The number of nitrogens with one attached hydrogen (secondary N) is 1. The smallest absolute Gasteiger partial charge is 0.0964 e. The molecule has 0 radical (unpaired) electrons. The molecule has 1 aliphatic carbocycles. The van der Waals surface area contributed by atoms with Gasteiger partial charge in [-0.2, -0.15) is 0 Å². The Morgan fingerprint density at radius 1 is 1.44 bits per heavy atom. The fourth-order valence-electron chi connectivity index (χ4n) is 2.33. The van der Waals surface area contributed by atoms with Crippen LogP contribution in [0.4, 0.5) is 0 Å².